The Morgan fingerprint density at radius 3 is 3.10 bits per heavy atom. The van der Waals surface area contributed by atoms with Gasteiger partial charge in [0.2, 0.25) is 0 Å². The maximum Gasteiger partial charge on any atom is 0.0619 e. The molecule has 0 bridgehead atoms. The molecule has 1 rings (SSSR count). The molecule has 60 valence electrons. The largest absolute Gasteiger partial charge is 0.380 e. The molecule has 0 aromatic rings. The maximum atomic E-state index is 5.40. The van der Waals surface area contributed by atoms with Gasteiger partial charge in [-0.25, -0.2) is 0 Å². The molecule has 1 N–H and O–H groups in total. The van der Waals surface area contributed by atoms with E-state index in [0.29, 0.717) is 6.04 Å². The van der Waals surface area contributed by atoms with Crippen molar-refractivity contribution in [1.82, 2.24) is 5.32 Å². The summed E-state index contributed by atoms with van der Waals surface area (Å²) in [5.74, 6) is 0. The predicted octanol–water partition coefficient (Wildman–Crippen LogP) is 1.17. The Labute approximate surface area is 63.0 Å². The third-order valence-electron chi connectivity index (χ3n) is 1.83. The minimum atomic E-state index is 0.645. The molecule has 0 saturated carbocycles. The zero-order valence-electron chi connectivity index (χ0n) is 6.73. The van der Waals surface area contributed by atoms with Gasteiger partial charge in [-0.3, -0.25) is 0 Å². The third-order valence-corrected chi connectivity index (χ3v) is 1.83. The lowest BCUT2D eigenvalue weighted by Gasteiger charge is -2.09. The fraction of sp³-hybridized carbons (Fsp3) is 1.00. The van der Waals surface area contributed by atoms with E-state index < -0.39 is 0 Å². The average molecular weight is 143 g/mol. The number of rotatable bonds is 4. The fourth-order valence-electron chi connectivity index (χ4n) is 1.27. The lowest BCUT2D eigenvalue weighted by Crippen LogP contribution is -2.26. The van der Waals surface area contributed by atoms with Gasteiger partial charge in [-0.05, 0) is 25.8 Å². The molecule has 10 heavy (non-hydrogen) atoms. The summed E-state index contributed by atoms with van der Waals surface area (Å²) < 4.78 is 5.40. The highest BCUT2D eigenvalue weighted by Crippen LogP contribution is 2.04. The Bertz CT molecular complexity index is 79.3. The van der Waals surface area contributed by atoms with E-state index >= 15 is 0 Å². The summed E-state index contributed by atoms with van der Waals surface area (Å²) in [4.78, 5) is 0. The van der Waals surface area contributed by atoms with Crippen LogP contribution >= 0.6 is 0 Å². The van der Waals surface area contributed by atoms with Gasteiger partial charge < -0.3 is 10.1 Å². The molecule has 0 spiro atoms. The highest BCUT2D eigenvalue weighted by atomic mass is 16.5. The van der Waals surface area contributed by atoms with Crippen LogP contribution < -0.4 is 5.32 Å². The third kappa shape index (κ3) is 2.67. The number of hydrogen-bond donors (Lipinski definition) is 1. The Morgan fingerprint density at radius 1 is 1.60 bits per heavy atom. The van der Waals surface area contributed by atoms with Gasteiger partial charge in [-0.2, -0.15) is 0 Å². The molecule has 0 amide bonds. The van der Waals surface area contributed by atoms with Crippen molar-refractivity contribution >= 4 is 0 Å². The molecule has 1 heterocycles. The standard InChI is InChI=1S/C8H17NO/c1-2-6-10-7-8-4-3-5-9-8/h8-9H,2-7H2,1H3. The summed E-state index contributed by atoms with van der Waals surface area (Å²) in [6.07, 6.45) is 3.75. The van der Waals surface area contributed by atoms with E-state index in [2.05, 4.69) is 12.2 Å². The van der Waals surface area contributed by atoms with Crippen molar-refractivity contribution in [2.75, 3.05) is 19.8 Å². The van der Waals surface area contributed by atoms with Crippen molar-refractivity contribution < 1.29 is 4.74 Å². The first-order valence-electron chi connectivity index (χ1n) is 4.24. The molecular weight excluding hydrogens is 126 g/mol. The second kappa shape index (κ2) is 4.69. The minimum Gasteiger partial charge on any atom is -0.380 e. The molecule has 1 aliphatic heterocycles. The van der Waals surface area contributed by atoms with Crippen LogP contribution in [0.15, 0.2) is 0 Å². The van der Waals surface area contributed by atoms with Crippen LogP contribution in [0.2, 0.25) is 0 Å². The van der Waals surface area contributed by atoms with Gasteiger partial charge in [0.1, 0.15) is 0 Å². The lowest BCUT2D eigenvalue weighted by atomic mass is 10.2. The van der Waals surface area contributed by atoms with Crippen LogP contribution in [0.4, 0.5) is 0 Å². The lowest BCUT2D eigenvalue weighted by molar-refractivity contribution is 0.117. The second-order valence-electron chi connectivity index (χ2n) is 2.87. The van der Waals surface area contributed by atoms with Crippen LogP contribution in [0, 0.1) is 0 Å². The van der Waals surface area contributed by atoms with Gasteiger partial charge in [0.15, 0.2) is 0 Å². The van der Waals surface area contributed by atoms with Gasteiger partial charge >= 0.3 is 0 Å². The van der Waals surface area contributed by atoms with Gasteiger partial charge in [0.25, 0.3) is 0 Å². The van der Waals surface area contributed by atoms with E-state index in [9.17, 15) is 0 Å². The maximum absolute atomic E-state index is 5.40. The quantitative estimate of drug-likeness (QED) is 0.596. The van der Waals surface area contributed by atoms with Gasteiger partial charge in [-0.15, -0.1) is 0 Å². The van der Waals surface area contributed by atoms with E-state index in [1.165, 1.54) is 19.4 Å². The topological polar surface area (TPSA) is 21.3 Å². The Kier molecular flexibility index (Phi) is 3.76. The van der Waals surface area contributed by atoms with Gasteiger partial charge in [0.05, 0.1) is 6.61 Å². The molecule has 1 saturated heterocycles. The number of hydrogen-bond acceptors (Lipinski definition) is 2. The van der Waals surface area contributed by atoms with Crippen LogP contribution in [-0.4, -0.2) is 25.8 Å². The van der Waals surface area contributed by atoms with Crippen molar-refractivity contribution in [3.05, 3.63) is 0 Å². The molecular formula is C8H17NO. The Morgan fingerprint density at radius 2 is 2.50 bits per heavy atom. The SMILES string of the molecule is CCCOCC1CCCN1. The monoisotopic (exact) mass is 143 g/mol. The van der Waals surface area contributed by atoms with Crippen molar-refractivity contribution in [1.29, 1.82) is 0 Å². The minimum absolute atomic E-state index is 0.645. The van der Waals surface area contributed by atoms with Crippen molar-refractivity contribution in [2.45, 2.75) is 32.2 Å². The summed E-state index contributed by atoms with van der Waals surface area (Å²) in [6.45, 7) is 5.15. The van der Waals surface area contributed by atoms with Gasteiger partial charge in [-0.1, -0.05) is 6.92 Å². The molecule has 0 aromatic carbocycles. The summed E-state index contributed by atoms with van der Waals surface area (Å²) in [5, 5.41) is 3.39. The van der Waals surface area contributed by atoms with Crippen molar-refractivity contribution in [3.8, 4) is 0 Å². The van der Waals surface area contributed by atoms with E-state index in [-0.39, 0.29) is 0 Å². The molecule has 1 fully saturated rings. The Hall–Kier alpha value is -0.0800. The number of nitrogens with one attached hydrogen (secondary N) is 1. The smallest absolute Gasteiger partial charge is 0.0619 e. The molecule has 2 heteroatoms. The van der Waals surface area contributed by atoms with E-state index in [0.717, 1.165) is 19.6 Å². The highest BCUT2D eigenvalue weighted by Gasteiger charge is 2.12. The predicted molar refractivity (Wildman–Crippen MR) is 42.1 cm³/mol. The van der Waals surface area contributed by atoms with Gasteiger partial charge in [0, 0.05) is 12.6 Å². The van der Waals surface area contributed by atoms with Crippen molar-refractivity contribution in [2.24, 2.45) is 0 Å². The normalized spacial score (nSPS) is 25.5. The molecule has 0 aromatic heterocycles. The average Bonchev–Trinajstić information content (AvgIpc) is 2.41. The van der Waals surface area contributed by atoms with Crippen LogP contribution in [-0.2, 0) is 4.74 Å². The fourth-order valence-corrected chi connectivity index (χ4v) is 1.27. The second-order valence-corrected chi connectivity index (χ2v) is 2.87. The molecule has 1 aliphatic rings. The van der Waals surface area contributed by atoms with Crippen LogP contribution in [0.3, 0.4) is 0 Å². The summed E-state index contributed by atoms with van der Waals surface area (Å²) in [5.41, 5.74) is 0. The first kappa shape index (κ1) is 8.02. The first-order chi connectivity index (χ1) is 4.93. The molecule has 1 unspecified atom stereocenters. The van der Waals surface area contributed by atoms with Crippen LogP contribution in [0.25, 0.3) is 0 Å². The molecule has 0 aliphatic carbocycles. The van der Waals surface area contributed by atoms with Crippen LogP contribution in [0.1, 0.15) is 26.2 Å². The summed E-state index contributed by atoms with van der Waals surface area (Å²) in [6, 6.07) is 0.645. The van der Waals surface area contributed by atoms with E-state index in [1.54, 1.807) is 0 Å². The Balaban J connectivity index is 1.91. The van der Waals surface area contributed by atoms with Crippen LogP contribution in [0.5, 0.6) is 0 Å². The van der Waals surface area contributed by atoms with Crippen molar-refractivity contribution in [3.63, 3.8) is 0 Å². The van der Waals surface area contributed by atoms with E-state index in [4.69, 9.17) is 4.74 Å². The summed E-state index contributed by atoms with van der Waals surface area (Å²) in [7, 11) is 0. The van der Waals surface area contributed by atoms with E-state index in [1.807, 2.05) is 0 Å². The molecule has 1 atom stereocenters. The summed E-state index contributed by atoms with van der Waals surface area (Å²) >= 11 is 0. The zero-order chi connectivity index (χ0) is 7.23. The zero-order valence-corrected chi connectivity index (χ0v) is 6.73. The molecule has 0 radical (unpaired) electrons. The molecule has 2 nitrogen and oxygen atoms in total. The first-order valence-corrected chi connectivity index (χ1v) is 4.24. The number of ether oxygens (including phenoxy) is 1. The highest BCUT2D eigenvalue weighted by molar-refractivity contribution is 4.72.